The number of nitrogens with zero attached hydrogens (tertiary/aromatic N) is 3. The zero-order valence-electron chi connectivity index (χ0n) is 24.4. The highest BCUT2D eigenvalue weighted by Crippen LogP contribution is 2.39. The molecule has 1 aliphatic carbocycles. The zero-order valence-corrected chi connectivity index (χ0v) is 24.4. The van der Waals surface area contributed by atoms with E-state index in [1.807, 2.05) is 42.5 Å². The molecule has 2 aromatic heterocycles. The van der Waals surface area contributed by atoms with Gasteiger partial charge in [-0.3, -0.25) is 0 Å². The Bertz CT molecular complexity index is 2470. The molecule has 4 nitrogen and oxygen atoms in total. The van der Waals surface area contributed by atoms with Crippen molar-refractivity contribution in [1.29, 1.82) is 0 Å². The van der Waals surface area contributed by atoms with E-state index in [1.165, 1.54) is 21.5 Å². The molecule has 0 fully saturated rings. The van der Waals surface area contributed by atoms with Gasteiger partial charge < -0.3 is 4.42 Å². The maximum Gasteiger partial charge on any atom is 0.164 e. The summed E-state index contributed by atoms with van der Waals surface area (Å²) in [6.45, 7) is 0. The number of rotatable bonds is 4. The molecule has 4 heteroatoms. The van der Waals surface area contributed by atoms with Crippen molar-refractivity contribution < 1.29 is 4.42 Å². The van der Waals surface area contributed by atoms with Gasteiger partial charge in [0, 0.05) is 27.8 Å². The monoisotopic (exact) mass is 577 g/mol. The molecule has 0 amide bonds. The van der Waals surface area contributed by atoms with Crippen molar-refractivity contribution in [2.75, 3.05) is 0 Å². The summed E-state index contributed by atoms with van der Waals surface area (Å²) in [6, 6.07) is 42.4. The van der Waals surface area contributed by atoms with Crippen LogP contribution in [-0.4, -0.2) is 15.0 Å². The van der Waals surface area contributed by atoms with Crippen molar-refractivity contribution in [3.63, 3.8) is 0 Å². The van der Waals surface area contributed by atoms with Gasteiger partial charge in [-0.2, -0.15) is 0 Å². The van der Waals surface area contributed by atoms with Crippen molar-refractivity contribution in [2.24, 2.45) is 0 Å². The summed E-state index contributed by atoms with van der Waals surface area (Å²) in [4.78, 5) is 15.0. The molecular weight excluding hydrogens is 550 g/mol. The molecular formula is C41H27N3O. The first kappa shape index (κ1) is 25.6. The summed E-state index contributed by atoms with van der Waals surface area (Å²) in [5.74, 6) is 2.20. The van der Waals surface area contributed by atoms with Crippen LogP contribution in [0.3, 0.4) is 0 Å². The van der Waals surface area contributed by atoms with E-state index in [0.29, 0.717) is 11.6 Å². The average Bonchev–Trinajstić information content (AvgIpc) is 3.50. The second-order valence-electron chi connectivity index (χ2n) is 11.6. The average molecular weight is 578 g/mol. The van der Waals surface area contributed by atoms with Crippen LogP contribution in [0.15, 0.2) is 150 Å². The second kappa shape index (κ2) is 10.4. The molecule has 0 saturated heterocycles. The normalized spacial score (nSPS) is 14.6. The SMILES string of the molecule is C1=CCC(c2nc(-c3ccccc3)nc(-c3cccc4oc5cc(-c6ccc7c(ccc8ccccc87)c6)ccc5c34)n2)C=C1. The minimum atomic E-state index is 0.0991. The predicted octanol–water partition coefficient (Wildman–Crippen LogP) is 10.7. The van der Waals surface area contributed by atoms with E-state index in [1.54, 1.807) is 0 Å². The van der Waals surface area contributed by atoms with Crippen molar-refractivity contribution in [3.8, 4) is 33.9 Å². The van der Waals surface area contributed by atoms with Crippen molar-refractivity contribution >= 4 is 43.5 Å². The highest BCUT2D eigenvalue weighted by Gasteiger charge is 2.20. The summed E-state index contributed by atoms with van der Waals surface area (Å²) in [7, 11) is 0. The molecule has 0 bridgehead atoms. The highest BCUT2D eigenvalue weighted by molar-refractivity contribution is 6.13. The first-order chi connectivity index (χ1) is 22.3. The molecule has 212 valence electrons. The fourth-order valence-corrected chi connectivity index (χ4v) is 6.55. The van der Waals surface area contributed by atoms with Gasteiger partial charge in [0.05, 0.1) is 0 Å². The number of benzene rings is 6. The molecule has 6 aromatic carbocycles. The van der Waals surface area contributed by atoms with E-state index >= 15 is 0 Å². The molecule has 45 heavy (non-hydrogen) atoms. The lowest BCUT2D eigenvalue weighted by Crippen LogP contribution is -2.07. The molecule has 0 aliphatic heterocycles. The van der Waals surface area contributed by atoms with Crippen LogP contribution in [0.25, 0.3) is 77.4 Å². The van der Waals surface area contributed by atoms with E-state index in [9.17, 15) is 0 Å². The third-order valence-electron chi connectivity index (χ3n) is 8.81. The lowest BCUT2D eigenvalue weighted by Gasteiger charge is -2.14. The Morgan fingerprint density at radius 2 is 1.31 bits per heavy atom. The standard InChI is InChI=1S/C41H27N3O/c1-3-11-27(12-4-1)39-42-40(28-13-5-2-6-14-28)44-41(43-39)35-16-9-17-36-38(35)34-23-21-30(25-37(34)45-36)29-20-22-33-31(24-29)19-18-26-10-7-8-15-32(26)33/h1-13,15-25,28H,14H2. The zero-order chi connectivity index (χ0) is 29.7. The Hall–Kier alpha value is -5.87. The molecule has 1 unspecified atom stereocenters. The number of aromatic nitrogens is 3. The van der Waals surface area contributed by atoms with Gasteiger partial charge in [0.2, 0.25) is 0 Å². The number of hydrogen-bond acceptors (Lipinski definition) is 4. The second-order valence-corrected chi connectivity index (χ2v) is 11.6. The molecule has 0 saturated carbocycles. The summed E-state index contributed by atoms with van der Waals surface area (Å²) >= 11 is 0. The van der Waals surface area contributed by atoms with Gasteiger partial charge in [-0.05, 0) is 63.4 Å². The predicted molar refractivity (Wildman–Crippen MR) is 184 cm³/mol. The smallest absolute Gasteiger partial charge is 0.164 e. The number of furan rings is 1. The molecule has 9 rings (SSSR count). The van der Waals surface area contributed by atoms with Crippen LogP contribution < -0.4 is 0 Å². The molecule has 1 aliphatic rings. The van der Waals surface area contributed by atoms with Crippen LogP contribution in [0.5, 0.6) is 0 Å². The van der Waals surface area contributed by atoms with Crippen LogP contribution in [0.1, 0.15) is 18.2 Å². The fourth-order valence-electron chi connectivity index (χ4n) is 6.55. The lowest BCUT2D eigenvalue weighted by atomic mass is 9.96. The van der Waals surface area contributed by atoms with Gasteiger partial charge in [0.15, 0.2) is 11.6 Å². The van der Waals surface area contributed by atoms with Crippen LogP contribution >= 0.6 is 0 Å². The highest BCUT2D eigenvalue weighted by atomic mass is 16.3. The molecule has 2 heterocycles. The van der Waals surface area contributed by atoms with Gasteiger partial charge in [-0.1, -0.05) is 121 Å². The fraction of sp³-hybridized carbons (Fsp3) is 0.0488. The Labute approximate surface area is 260 Å². The molecule has 0 N–H and O–H groups in total. The van der Waals surface area contributed by atoms with Gasteiger partial charge >= 0.3 is 0 Å². The third-order valence-corrected chi connectivity index (χ3v) is 8.81. The topological polar surface area (TPSA) is 51.8 Å². The number of allylic oxidation sites excluding steroid dienone is 4. The Morgan fingerprint density at radius 1 is 0.533 bits per heavy atom. The van der Waals surface area contributed by atoms with Gasteiger partial charge in [-0.25, -0.2) is 15.0 Å². The van der Waals surface area contributed by atoms with E-state index in [0.717, 1.165) is 56.4 Å². The van der Waals surface area contributed by atoms with Crippen LogP contribution in [0.4, 0.5) is 0 Å². The van der Waals surface area contributed by atoms with Crippen LogP contribution in [0.2, 0.25) is 0 Å². The first-order valence-electron chi connectivity index (χ1n) is 15.3. The molecule has 8 aromatic rings. The molecule has 1 atom stereocenters. The summed E-state index contributed by atoms with van der Waals surface area (Å²) in [5.41, 5.74) is 5.83. The third kappa shape index (κ3) is 4.42. The van der Waals surface area contributed by atoms with Gasteiger partial charge in [0.25, 0.3) is 0 Å². The van der Waals surface area contributed by atoms with Gasteiger partial charge in [0.1, 0.15) is 17.0 Å². The minimum absolute atomic E-state index is 0.0991. The molecule has 0 spiro atoms. The van der Waals surface area contributed by atoms with E-state index in [4.69, 9.17) is 19.4 Å². The Balaban J connectivity index is 1.18. The Kier molecular flexibility index (Phi) is 5.91. The summed E-state index contributed by atoms with van der Waals surface area (Å²) < 4.78 is 6.49. The lowest BCUT2D eigenvalue weighted by molar-refractivity contribution is 0.669. The summed E-state index contributed by atoms with van der Waals surface area (Å²) in [5, 5.41) is 7.07. The number of hydrogen-bond donors (Lipinski definition) is 0. The van der Waals surface area contributed by atoms with Crippen LogP contribution in [0, 0.1) is 0 Å². The quantitative estimate of drug-likeness (QED) is 0.195. The van der Waals surface area contributed by atoms with Crippen molar-refractivity contribution in [1.82, 2.24) is 15.0 Å². The Morgan fingerprint density at radius 3 is 2.20 bits per heavy atom. The van der Waals surface area contributed by atoms with Crippen molar-refractivity contribution in [3.05, 3.63) is 151 Å². The maximum absolute atomic E-state index is 6.49. The summed E-state index contributed by atoms with van der Waals surface area (Å²) in [6.07, 6.45) is 9.33. The largest absolute Gasteiger partial charge is 0.456 e. The number of fused-ring (bicyclic) bond motifs is 6. The first-order valence-corrected chi connectivity index (χ1v) is 15.3. The van der Waals surface area contributed by atoms with Crippen LogP contribution in [-0.2, 0) is 0 Å². The van der Waals surface area contributed by atoms with E-state index in [2.05, 4.69) is 103 Å². The van der Waals surface area contributed by atoms with E-state index < -0.39 is 0 Å². The van der Waals surface area contributed by atoms with E-state index in [-0.39, 0.29) is 5.92 Å². The molecule has 0 radical (unpaired) electrons. The van der Waals surface area contributed by atoms with Gasteiger partial charge in [-0.15, -0.1) is 0 Å². The minimum Gasteiger partial charge on any atom is -0.456 e. The maximum atomic E-state index is 6.49. The van der Waals surface area contributed by atoms with Crippen molar-refractivity contribution in [2.45, 2.75) is 12.3 Å².